The summed E-state index contributed by atoms with van der Waals surface area (Å²) in [5, 5.41) is 11.8. The van der Waals surface area contributed by atoms with Crippen molar-refractivity contribution >= 4 is 56.1 Å². The summed E-state index contributed by atoms with van der Waals surface area (Å²) in [4.78, 5) is 28.7. The maximum absolute atomic E-state index is 12.5. The number of halogens is 1. The molecular weight excluding hydrogens is 516 g/mol. The minimum atomic E-state index is -3.63. The summed E-state index contributed by atoms with van der Waals surface area (Å²) < 4.78 is 37.6. The lowest BCUT2D eigenvalue weighted by Gasteiger charge is -2.11. The minimum Gasteiger partial charge on any atom is -0.490 e. The van der Waals surface area contributed by atoms with Crippen molar-refractivity contribution in [3.05, 3.63) is 64.2 Å². The van der Waals surface area contributed by atoms with Crippen molar-refractivity contribution < 1.29 is 27.5 Å². The molecule has 0 aliphatic rings. The van der Waals surface area contributed by atoms with E-state index in [-0.39, 0.29) is 28.8 Å². The predicted molar refractivity (Wildman–Crippen MR) is 129 cm³/mol. The van der Waals surface area contributed by atoms with Crippen molar-refractivity contribution in [1.29, 1.82) is 5.26 Å². The van der Waals surface area contributed by atoms with Gasteiger partial charge in [0.05, 0.1) is 12.2 Å². The normalized spacial score (nSPS) is 11.4. The van der Waals surface area contributed by atoms with Gasteiger partial charge in [0, 0.05) is 22.8 Å². The van der Waals surface area contributed by atoms with Crippen molar-refractivity contribution in [3.63, 3.8) is 0 Å². The Morgan fingerprint density at radius 1 is 1.20 bits per heavy atom. The molecule has 2 aromatic carbocycles. The summed E-state index contributed by atoms with van der Waals surface area (Å²) >= 11 is 6.51. The molecule has 0 atom stereocenters. The highest BCUT2D eigenvalue weighted by atomic mass is 35.5. The van der Waals surface area contributed by atoms with E-state index < -0.39 is 26.9 Å². The lowest BCUT2D eigenvalue weighted by Crippen LogP contribution is -2.13. The van der Waals surface area contributed by atoms with Crippen molar-refractivity contribution in [2.75, 3.05) is 18.2 Å². The molecule has 1 amide bonds. The molecule has 35 heavy (non-hydrogen) atoms. The first-order chi connectivity index (χ1) is 16.6. The van der Waals surface area contributed by atoms with Crippen molar-refractivity contribution in [3.8, 4) is 17.6 Å². The quantitative estimate of drug-likeness (QED) is 0.198. The van der Waals surface area contributed by atoms with Gasteiger partial charge in [-0.1, -0.05) is 17.7 Å². The van der Waals surface area contributed by atoms with Crippen LogP contribution in [0.25, 0.3) is 6.08 Å². The van der Waals surface area contributed by atoms with Gasteiger partial charge >= 0.3 is 5.97 Å². The molecule has 3 aromatic rings. The number of carbonyl (C=O) groups is 2. The number of nitrogens with one attached hydrogen (secondary N) is 1. The lowest BCUT2D eigenvalue weighted by atomic mass is 10.1. The largest absolute Gasteiger partial charge is 0.490 e. The fraction of sp³-hybridized carbons (Fsp3) is 0.136. The maximum Gasteiger partial charge on any atom is 0.343 e. The molecule has 0 unspecified atom stereocenters. The molecule has 0 saturated heterocycles. The number of nitriles is 1. The van der Waals surface area contributed by atoms with Gasteiger partial charge < -0.3 is 9.47 Å². The number of ether oxygens (including phenoxy) is 2. The van der Waals surface area contributed by atoms with Crippen LogP contribution in [0.4, 0.5) is 5.13 Å². The van der Waals surface area contributed by atoms with Gasteiger partial charge in [-0.05, 0) is 55.0 Å². The van der Waals surface area contributed by atoms with Crippen LogP contribution < -0.4 is 14.8 Å². The Balaban J connectivity index is 1.81. The Morgan fingerprint density at radius 3 is 2.51 bits per heavy atom. The zero-order chi connectivity index (χ0) is 25.6. The molecule has 13 heteroatoms. The van der Waals surface area contributed by atoms with Crippen LogP contribution in [-0.2, 0) is 14.6 Å². The molecule has 3 rings (SSSR count). The molecule has 1 heterocycles. The second kappa shape index (κ2) is 11.1. The number of aromatic nitrogens is 2. The molecule has 0 spiro atoms. The van der Waals surface area contributed by atoms with E-state index in [0.717, 1.165) is 6.26 Å². The molecule has 0 radical (unpaired) electrons. The van der Waals surface area contributed by atoms with Crippen molar-refractivity contribution in [2.24, 2.45) is 0 Å². The van der Waals surface area contributed by atoms with Crippen LogP contribution in [0.15, 0.2) is 53.2 Å². The van der Waals surface area contributed by atoms with Crippen LogP contribution >= 0.6 is 23.1 Å². The van der Waals surface area contributed by atoms with E-state index >= 15 is 0 Å². The van der Waals surface area contributed by atoms with Crippen LogP contribution in [0.3, 0.4) is 0 Å². The first-order valence-electron chi connectivity index (χ1n) is 9.82. The number of sulfone groups is 1. The Labute approximate surface area is 209 Å². The van der Waals surface area contributed by atoms with Crippen molar-refractivity contribution in [2.45, 2.75) is 12.1 Å². The van der Waals surface area contributed by atoms with Crippen LogP contribution in [0.2, 0.25) is 5.02 Å². The second-order valence-electron chi connectivity index (χ2n) is 6.81. The number of amides is 1. The maximum atomic E-state index is 12.5. The molecule has 1 N–H and O–H groups in total. The summed E-state index contributed by atoms with van der Waals surface area (Å²) in [5.74, 6) is -1.05. The fourth-order valence-electron chi connectivity index (χ4n) is 2.60. The highest BCUT2D eigenvalue weighted by Crippen LogP contribution is 2.30. The summed E-state index contributed by atoms with van der Waals surface area (Å²) in [7, 11) is -3.63. The highest BCUT2D eigenvalue weighted by Gasteiger charge is 2.18. The Morgan fingerprint density at radius 2 is 1.91 bits per heavy atom. The molecule has 0 bridgehead atoms. The number of hydrogen-bond donors (Lipinski definition) is 1. The molecule has 0 aliphatic heterocycles. The van der Waals surface area contributed by atoms with Gasteiger partial charge in [0.2, 0.25) is 15.0 Å². The van der Waals surface area contributed by atoms with Crippen LogP contribution in [0.5, 0.6) is 11.5 Å². The zero-order valence-corrected chi connectivity index (χ0v) is 20.7. The molecule has 10 nitrogen and oxygen atoms in total. The van der Waals surface area contributed by atoms with E-state index in [4.69, 9.17) is 21.1 Å². The minimum absolute atomic E-state index is 0.0731. The van der Waals surface area contributed by atoms with Gasteiger partial charge in [-0.2, -0.15) is 14.6 Å². The number of carbonyl (C=O) groups excluding carboxylic acids is 2. The Kier molecular flexibility index (Phi) is 8.18. The van der Waals surface area contributed by atoms with E-state index in [1.54, 1.807) is 25.1 Å². The predicted octanol–water partition coefficient (Wildman–Crippen LogP) is 3.76. The Hall–Kier alpha value is -3.79. The first kappa shape index (κ1) is 25.8. The van der Waals surface area contributed by atoms with Gasteiger partial charge in [-0.15, -0.1) is 0 Å². The molecule has 0 fully saturated rings. The first-order valence-corrected chi connectivity index (χ1v) is 12.9. The smallest absolute Gasteiger partial charge is 0.343 e. The van der Waals surface area contributed by atoms with Gasteiger partial charge in [0.25, 0.3) is 11.1 Å². The van der Waals surface area contributed by atoms with E-state index in [1.165, 1.54) is 36.4 Å². The van der Waals surface area contributed by atoms with Gasteiger partial charge in [0.15, 0.2) is 11.5 Å². The number of benzene rings is 2. The summed E-state index contributed by atoms with van der Waals surface area (Å²) in [6.07, 6.45) is 2.23. The van der Waals surface area contributed by atoms with Crippen LogP contribution in [0, 0.1) is 11.3 Å². The number of nitrogens with zero attached hydrogens (tertiary/aromatic N) is 3. The lowest BCUT2D eigenvalue weighted by molar-refractivity contribution is -0.112. The van der Waals surface area contributed by atoms with E-state index in [9.17, 15) is 23.3 Å². The number of hydrogen-bond acceptors (Lipinski definition) is 10. The van der Waals surface area contributed by atoms with E-state index in [1.807, 2.05) is 0 Å². The molecule has 0 aliphatic carbocycles. The zero-order valence-electron chi connectivity index (χ0n) is 18.3. The topological polar surface area (TPSA) is 148 Å². The Bertz CT molecular complexity index is 1440. The summed E-state index contributed by atoms with van der Waals surface area (Å²) in [6.45, 7) is 2.01. The number of anilines is 1. The van der Waals surface area contributed by atoms with Crippen LogP contribution in [-0.4, -0.2) is 42.5 Å². The average molecular weight is 533 g/mol. The van der Waals surface area contributed by atoms with E-state index in [2.05, 4.69) is 14.7 Å². The number of esters is 1. The summed E-state index contributed by atoms with van der Waals surface area (Å²) in [5.41, 5.74) is 0.426. The molecule has 1 aromatic heterocycles. The van der Waals surface area contributed by atoms with Crippen LogP contribution in [0.1, 0.15) is 22.8 Å². The highest BCUT2D eigenvalue weighted by molar-refractivity contribution is 7.90. The monoisotopic (exact) mass is 532 g/mol. The molecular formula is C22H17ClN4O6S2. The SMILES string of the molecule is CCOc1cc(/C=C(/C#N)C(=O)Nc2nc(S(C)(=O)=O)ns2)ccc1OC(=O)c1ccc(Cl)cc1. The summed E-state index contributed by atoms with van der Waals surface area (Å²) in [6, 6.07) is 12.5. The van der Waals surface area contributed by atoms with Gasteiger partial charge in [-0.25, -0.2) is 13.2 Å². The third kappa shape index (κ3) is 6.86. The van der Waals surface area contributed by atoms with E-state index in [0.29, 0.717) is 27.7 Å². The third-order valence-corrected chi connectivity index (χ3v) is 6.03. The van der Waals surface area contributed by atoms with Crippen molar-refractivity contribution in [1.82, 2.24) is 9.36 Å². The van der Waals surface area contributed by atoms with Gasteiger partial charge in [-0.3, -0.25) is 10.1 Å². The average Bonchev–Trinajstić information content (AvgIpc) is 3.28. The molecule has 0 saturated carbocycles. The second-order valence-corrected chi connectivity index (χ2v) is 9.91. The fourth-order valence-corrected chi connectivity index (χ4v) is 4.17. The van der Waals surface area contributed by atoms with Gasteiger partial charge in [0.1, 0.15) is 11.6 Å². The molecule has 180 valence electrons. The standard InChI is InChI=1S/C22H17ClN4O6S2/c1-3-32-18-11-13(4-9-17(18)33-20(29)14-5-7-16(23)8-6-14)10-15(12-24)19(28)25-21-26-22(27-34-21)35(2,30)31/h4-11H,3H2,1-2H3,(H,25,26,27,28)/b15-10-. The number of rotatable bonds is 8. The third-order valence-electron chi connectivity index (χ3n) is 4.19.